The SMILES string of the molecule is C1CCC(C2CCC3C(C2)C2CC(C4CCCCC4)CCC2N3C2CCCC3C4CCC5OC6CCCCC6C5C4SC32)CC1. The average Bonchev–Trinajstić information content (AvgIpc) is 3.78. The number of fused-ring (bicyclic) bond motifs is 10. The van der Waals surface area contributed by atoms with E-state index in [9.17, 15) is 0 Å². The molecule has 10 aliphatic rings. The summed E-state index contributed by atoms with van der Waals surface area (Å²) < 4.78 is 6.90. The van der Waals surface area contributed by atoms with E-state index in [1.807, 2.05) is 0 Å². The number of hydrogen-bond donors (Lipinski definition) is 0. The molecule has 3 heteroatoms. The molecule has 0 bridgehead atoms. The van der Waals surface area contributed by atoms with Gasteiger partial charge in [0.1, 0.15) is 0 Å². The summed E-state index contributed by atoms with van der Waals surface area (Å²) in [5.74, 6) is 10.3. The van der Waals surface area contributed by atoms with Crippen molar-refractivity contribution in [2.45, 2.75) is 201 Å². The predicted octanol–water partition coefficient (Wildman–Crippen LogP) is 10.7. The number of likely N-dealkylation sites (tertiary alicyclic amines) is 1. The minimum Gasteiger partial charge on any atom is -0.374 e. The molecule has 0 spiro atoms. The summed E-state index contributed by atoms with van der Waals surface area (Å²) in [6.45, 7) is 0. The van der Waals surface area contributed by atoms with Crippen molar-refractivity contribution in [1.29, 1.82) is 0 Å². The van der Waals surface area contributed by atoms with E-state index in [1.54, 1.807) is 70.6 Å². The molecule has 0 aromatic rings. The number of rotatable bonds is 3. The summed E-state index contributed by atoms with van der Waals surface area (Å²) in [5, 5.41) is 1.88. The third-order valence-corrected chi connectivity index (χ3v) is 19.4. The molecule has 0 amide bonds. The largest absolute Gasteiger partial charge is 0.374 e. The van der Waals surface area contributed by atoms with Crippen LogP contribution in [0.1, 0.15) is 161 Å². The molecule has 3 saturated heterocycles. The van der Waals surface area contributed by atoms with Gasteiger partial charge in [-0.05, 0) is 130 Å². The second kappa shape index (κ2) is 12.5. The van der Waals surface area contributed by atoms with Crippen LogP contribution in [0.5, 0.6) is 0 Å². The van der Waals surface area contributed by atoms with Crippen molar-refractivity contribution in [2.75, 3.05) is 0 Å². The maximum Gasteiger partial charge on any atom is 0.0621 e. The first-order valence-electron chi connectivity index (χ1n) is 21.4. The maximum atomic E-state index is 6.90. The van der Waals surface area contributed by atoms with E-state index < -0.39 is 0 Å². The third-order valence-electron chi connectivity index (χ3n) is 17.5. The molecule has 3 heterocycles. The molecular formula is C42H67NOS. The van der Waals surface area contributed by atoms with Gasteiger partial charge >= 0.3 is 0 Å². The van der Waals surface area contributed by atoms with Crippen LogP contribution in [-0.2, 0) is 4.74 Å². The Bertz CT molecular complexity index is 994. The van der Waals surface area contributed by atoms with E-state index in [2.05, 4.69) is 16.7 Å². The lowest BCUT2D eigenvalue weighted by molar-refractivity contribution is -0.00503. The third kappa shape index (κ3) is 5.12. The topological polar surface area (TPSA) is 12.5 Å². The summed E-state index contributed by atoms with van der Waals surface area (Å²) >= 11 is 2.61. The molecule has 15 atom stereocenters. The van der Waals surface area contributed by atoms with Crippen LogP contribution in [0.4, 0.5) is 0 Å². The van der Waals surface area contributed by atoms with Gasteiger partial charge in [-0.15, -0.1) is 0 Å². The normalized spacial score (nSPS) is 54.0. The highest BCUT2D eigenvalue weighted by Gasteiger charge is 2.62. The second-order valence-electron chi connectivity index (χ2n) is 19.1. The van der Waals surface area contributed by atoms with Crippen molar-refractivity contribution in [2.24, 2.45) is 59.2 Å². The van der Waals surface area contributed by atoms with Crippen LogP contribution in [0.25, 0.3) is 0 Å². The molecular weight excluding hydrogens is 567 g/mol. The average molecular weight is 634 g/mol. The summed E-state index contributed by atoms with van der Waals surface area (Å²) in [5.41, 5.74) is 0. The van der Waals surface area contributed by atoms with Gasteiger partial charge in [-0.2, -0.15) is 11.8 Å². The van der Waals surface area contributed by atoms with Gasteiger partial charge in [-0.1, -0.05) is 83.5 Å². The van der Waals surface area contributed by atoms with Crippen LogP contribution in [0, 0.1) is 59.2 Å². The van der Waals surface area contributed by atoms with E-state index in [0.29, 0.717) is 12.2 Å². The molecule has 10 fully saturated rings. The molecule has 252 valence electrons. The van der Waals surface area contributed by atoms with Crippen molar-refractivity contribution in [3.8, 4) is 0 Å². The lowest BCUT2D eigenvalue weighted by Gasteiger charge is -2.48. The number of thioether (sulfide) groups is 1. The summed E-state index contributed by atoms with van der Waals surface area (Å²) in [6, 6.07) is 2.80. The molecule has 0 aromatic carbocycles. The Hall–Kier alpha value is 0.270. The Morgan fingerprint density at radius 3 is 1.67 bits per heavy atom. The fraction of sp³-hybridized carbons (Fsp3) is 1.00. The van der Waals surface area contributed by atoms with E-state index in [4.69, 9.17) is 4.74 Å². The van der Waals surface area contributed by atoms with Gasteiger partial charge in [-0.3, -0.25) is 4.90 Å². The fourth-order valence-corrected chi connectivity index (χ4v) is 18.2. The van der Waals surface area contributed by atoms with Gasteiger partial charge in [0.2, 0.25) is 0 Å². The highest BCUT2D eigenvalue weighted by atomic mass is 32.2. The number of ether oxygens (including phenoxy) is 1. The Kier molecular flexibility index (Phi) is 8.40. The van der Waals surface area contributed by atoms with Crippen LogP contribution in [0.3, 0.4) is 0 Å². The van der Waals surface area contributed by atoms with Crippen LogP contribution in [-0.4, -0.2) is 45.7 Å². The Morgan fingerprint density at radius 1 is 0.378 bits per heavy atom. The van der Waals surface area contributed by atoms with Crippen LogP contribution in [0.2, 0.25) is 0 Å². The molecule has 3 aliphatic heterocycles. The fourth-order valence-electron chi connectivity index (χ4n) is 15.7. The lowest BCUT2D eigenvalue weighted by atomic mass is 9.62. The number of hydrogen-bond acceptors (Lipinski definition) is 3. The zero-order chi connectivity index (χ0) is 29.5. The standard InChI is InChI=1S/C42H67NOS/c1-3-10-26(11-4-1)28-18-21-35-33(24-28)34-25-29(27-12-5-2-6-13-27)19-22-36(34)43(35)37-16-9-15-30-31-20-23-39-40(42(31)45-41(30)37)32-14-7-8-17-38(32)44-39/h26-42H,1-25H2. The first-order valence-corrected chi connectivity index (χ1v) is 22.3. The zero-order valence-corrected chi connectivity index (χ0v) is 29.6. The van der Waals surface area contributed by atoms with Crippen LogP contribution >= 0.6 is 11.8 Å². The van der Waals surface area contributed by atoms with E-state index >= 15 is 0 Å². The van der Waals surface area contributed by atoms with Crippen molar-refractivity contribution in [3.63, 3.8) is 0 Å². The van der Waals surface area contributed by atoms with Crippen molar-refractivity contribution >= 4 is 11.8 Å². The lowest BCUT2D eigenvalue weighted by Crippen LogP contribution is -2.54. The first kappa shape index (κ1) is 30.1. The highest BCUT2D eigenvalue weighted by molar-refractivity contribution is 8.00. The molecule has 2 nitrogen and oxygen atoms in total. The van der Waals surface area contributed by atoms with Crippen molar-refractivity contribution in [3.05, 3.63) is 0 Å². The Balaban J connectivity index is 0.926. The zero-order valence-electron chi connectivity index (χ0n) is 28.8. The molecule has 0 radical (unpaired) electrons. The van der Waals surface area contributed by atoms with Crippen LogP contribution in [0.15, 0.2) is 0 Å². The smallest absolute Gasteiger partial charge is 0.0621 e. The van der Waals surface area contributed by atoms with Gasteiger partial charge in [0.25, 0.3) is 0 Å². The quantitative estimate of drug-likeness (QED) is 0.307. The summed E-state index contributed by atoms with van der Waals surface area (Å²) in [6.07, 6.45) is 39.6. The van der Waals surface area contributed by atoms with Gasteiger partial charge in [0.05, 0.1) is 12.2 Å². The van der Waals surface area contributed by atoms with E-state index in [0.717, 1.165) is 87.8 Å². The Labute approximate surface area is 281 Å². The maximum absolute atomic E-state index is 6.90. The molecule has 15 unspecified atom stereocenters. The first-order chi connectivity index (χ1) is 22.3. The van der Waals surface area contributed by atoms with Gasteiger partial charge in [0, 0.05) is 34.5 Å². The minimum absolute atomic E-state index is 0.621. The monoisotopic (exact) mass is 633 g/mol. The molecule has 0 aromatic heterocycles. The summed E-state index contributed by atoms with van der Waals surface area (Å²) in [7, 11) is 0. The molecule has 0 N–H and O–H groups in total. The predicted molar refractivity (Wildman–Crippen MR) is 187 cm³/mol. The van der Waals surface area contributed by atoms with E-state index in [-0.39, 0.29) is 0 Å². The van der Waals surface area contributed by atoms with Crippen LogP contribution < -0.4 is 0 Å². The molecule has 7 aliphatic carbocycles. The van der Waals surface area contributed by atoms with Gasteiger partial charge in [0.15, 0.2) is 0 Å². The van der Waals surface area contributed by atoms with E-state index in [1.165, 1.54) is 89.9 Å². The summed E-state index contributed by atoms with van der Waals surface area (Å²) in [4.78, 5) is 3.43. The highest BCUT2D eigenvalue weighted by Crippen LogP contribution is 2.64. The molecule has 45 heavy (non-hydrogen) atoms. The van der Waals surface area contributed by atoms with Crippen molar-refractivity contribution < 1.29 is 4.74 Å². The Morgan fingerprint density at radius 2 is 0.978 bits per heavy atom. The second-order valence-corrected chi connectivity index (χ2v) is 20.4. The van der Waals surface area contributed by atoms with Gasteiger partial charge < -0.3 is 4.74 Å². The molecule has 7 saturated carbocycles. The van der Waals surface area contributed by atoms with Gasteiger partial charge in [-0.25, -0.2) is 0 Å². The molecule has 10 rings (SSSR count). The minimum atomic E-state index is 0.621. The number of nitrogens with zero attached hydrogens (tertiary/aromatic N) is 1. The van der Waals surface area contributed by atoms with Crippen molar-refractivity contribution in [1.82, 2.24) is 4.90 Å².